The second-order valence-corrected chi connectivity index (χ2v) is 15.0. The molecule has 0 aliphatic heterocycles. The molecule has 2 atom stereocenters. The Bertz CT molecular complexity index is 1070. The fraction of sp³-hybridized carbons (Fsp3) is 0.721. The number of ether oxygens (including phenoxy) is 2. The minimum Gasteiger partial charge on any atom is -0.462 e. The van der Waals surface area contributed by atoms with Crippen LogP contribution in [0.15, 0.2) is 60.8 Å². The molecule has 0 aliphatic rings. The van der Waals surface area contributed by atoms with Gasteiger partial charge in [0.25, 0.3) is 0 Å². The van der Waals surface area contributed by atoms with Crippen molar-refractivity contribution >= 4 is 19.8 Å². The highest BCUT2D eigenvalue weighted by atomic mass is 31.2. The molecule has 0 rings (SSSR count). The zero-order valence-corrected chi connectivity index (χ0v) is 34.5. The first kappa shape index (κ1) is 51.7. The van der Waals surface area contributed by atoms with Crippen molar-refractivity contribution in [1.29, 1.82) is 0 Å². The number of aliphatic hydroxyl groups is 1. The summed E-state index contributed by atoms with van der Waals surface area (Å²) in [6.07, 6.45) is 44.1. The predicted molar refractivity (Wildman–Crippen MR) is 221 cm³/mol. The van der Waals surface area contributed by atoms with Crippen LogP contribution in [0.1, 0.15) is 161 Å². The summed E-state index contributed by atoms with van der Waals surface area (Å²) < 4.78 is 32.6. The maximum atomic E-state index is 12.5. The Hall–Kier alpha value is -2.33. The minimum absolute atomic E-state index is 0.0367. The SMILES string of the molecule is CCCCCCCCC=CCCCCCCCC(=O)OCC(COP(=O)(O)OCCN)OC(=O)CCCC=CCC=CCC=CCC=CCCCCCO. The van der Waals surface area contributed by atoms with Gasteiger partial charge in [0.15, 0.2) is 6.10 Å². The first-order valence-corrected chi connectivity index (χ1v) is 22.4. The van der Waals surface area contributed by atoms with E-state index in [0.717, 1.165) is 77.0 Å². The summed E-state index contributed by atoms with van der Waals surface area (Å²) in [6.45, 7) is 1.64. The fourth-order valence-corrected chi connectivity index (χ4v) is 6.07. The van der Waals surface area contributed by atoms with Gasteiger partial charge in [0.05, 0.1) is 13.2 Å². The smallest absolute Gasteiger partial charge is 0.462 e. The number of aliphatic hydroxyl groups excluding tert-OH is 1. The van der Waals surface area contributed by atoms with Gasteiger partial charge in [-0.1, -0.05) is 125 Å². The third-order valence-electron chi connectivity index (χ3n) is 8.43. The van der Waals surface area contributed by atoms with Crippen LogP contribution in [-0.2, 0) is 32.7 Å². The van der Waals surface area contributed by atoms with E-state index < -0.39 is 32.5 Å². The van der Waals surface area contributed by atoms with E-state index in [1.165, 1.54) is 44.9 Å². The quantitative estimate of drug-likeness (QED) is 0.0237. The van der Waals surface area contributed by atoms with Crippen molar-refractivity contribution in [3.63, 3.8) is 0 Å². The number of unbranched alkanes of at least 4 members (excludes halogenated alkanes) is 15. The van der Waals surface area contributed by atoms with Crippen molar-refractivity contribution in [3.05, 3.63) is 60.8 Å². The molecule has 4 N–H and O–H groups in total. The van der Waals surface area contributed by atoms with E-state index in [4.69, 9.17) is 29.4 Å². The molecule has 11 heteroatoms. The van der Waals surface area contributed by atoms with Crippen molar-refractivity contribution in [2.45, 2.75) is 167 Å². The Balaban J connectivity index is 4.30. The topological polar surface area (TPSA) is 155 Å². The van der Waals surface area contributed by atoms with Crippen molar-refractivity contribution in [3.8, 4) is 0 Å². The zero-order valence-electron chi connectivity index (χ0n) is 33.6. The normalized spacial score (nSPS) is 13.9. The van der Waals surface area contributed by atoms with Gasteiger partial charge in [-0.25, -0.2) is 4.57 Å². The van der Waals surface area contributed by atoms with Gasteiger partial charge >= 0.3 is 19.8 Å². The summed E-state index contributed by atoms with van der Waals surface area (Å²) in [4.78, 5) is 34.8. The molecule has 0 saturated carbocycles. The van der Waals surface area contributed by atoms with Gasteiger partial charge in [0.1, 0.15) is 6.61 Å². The second kappa shape index (κ2) is 40.3. The number of phosphoric ester groups is 1. The average molecular weight is 782 g/mol. The van der Waals surface area contributed by atoms with Gasteiger partial charge in [0.2, 0.25) is 0 Å². The van der Waals surface area contributed by atoms with Gasteiger partial charge in [0, 0.05) is 26.0 Å². The van der Waals surface area contributed by atoms with Crippen LogP contribution in [0.3, 0.4) is 0 Å². The molecule has 2 unspecified atom stereocenters. The first-order chi connectivity index (χ1) is 26.3. The summed E-state index contributed by atoms with van der Waals surface area (Å²) in [5.41, 5.74) is 5.33. The maximum absolute atomic E-state index is 12.5. The van der Waals surface area contributed by atoms with Gasteiger partial charge in [-0.3, -0.25) is 18.6 Å². The largest absolute Gasteiger partial charge is 0.472 e. The predicted octanol–water partition coefficient (Wildman–Crippen LogP) is 10.7. The molecule has 10 nitrogen and oxygen atoms in total. The van der Waals surface area contributed by atoms with Crippen molar-refractivity contribution < 1.29 is 42.7 Å². The molecule has 0 aromatic carbocycles. The van der Waals surface area contributed by atoms with Gasteiger partial charge < -0.3 is 25.2 Å². The molecule has 0 aromatic heterocycles. The molecule has 0 saturated heterocycles. The van der Waals surface area contributed by atoms with Crippen molar-refractivity contribution in [1.82, 2.24) is 0 Å². The number of hydrogen-bond acceptors (Lipinski definition) is 9. The molecule has 0 radical (unpaired) electrons. The van der Waals surface area contributed by atoms with Crippen LogP contribution >= 0.6 is 7.82 Å². The summed E-state index contributed by atoms with van der Waals surface area (Å²) in [5.74, 6) is -0.922. The van der Waals surface area contributed by atoms with Gasteiger partial charge in [-0.2, -0.15) is 0 Å². The lowest BCUT2D eigenvalue weighted by Gasteiger charge is -2.19. The molecule has 0 aromatic rings. The second-order valence-electron chi connectivity index (χ2n) is 13.6. The number of esters is 2. The minimum atomic E-state index is -4.40. The number of carbonyl (C=O) groups is 2. The lowest BCUT2D eigenvalue weighted by atomic mass is 10.1. The molecule has 0 amide bonds. The maximum Gasteiger partial charge on any atom is 0.472 e. The van der Waals surface area contributed by atoms with Crippen molar-refractivity contribution in [2.24, 2.45) is 5.73 Å². The monoisotopic (exact) mass is 782 g/mol. The number of rotatable bonds is 39. The Morgan fingerprint density at radius 1 is 0.593 bits per heavy atom. The lowest BCUT2D eigenvalue weighted by molar-refractivity contribution is -0.161. The van der Waals surface area contributed by atoms with Crippen LogP contribution in [0.25, 0.3) is 0 Å². The third-order valence-corrected chi connectivity index (χ3v) is 9.41. The van der Waals surface area contributed by atoms with E-state index in [9.17, 15) is 19.0 Å². The number of hydrogen-bond donors (Lipinski definition) is 3. The number of carbonyl (C=O) groups excluding carboxylic acids is 2. The Kier molecular flexibility index (Phi) is 38.6. The highest BCUT2D eigenvalue weighted by Gasteiger charge is 2.25. The Morgan fingerprint density at radius 3 is 1.61 bits per heavy atom. The highest BCUT2D eigenvalue weighted by molar-refractivity contribution is 7.47. The van der Waals surface area contributed by atoms with E-state index in [1.54, 1.807) is 0 Å². The molecule has 0 fully saturated rings. The van der Waals surface area contributed by atoms with E-state index in [2.05, 4.69) is 61.6 Å². The van der Waals surface area contributed by atoms with Crippen LogP contribution in [0.4, 0.5) is 0 Å². The highest BCUT2D eigenvalue weighted by Crippen LogP contribution is 2.43. The Labute approximate surface area is 328 Å². The van der Waals surface area contributed by atoms with E-state index >= 15 is 0 Å². The number of nitrogens with two attached hydrogens (primary N) is 1. The summed E-state index contributed by atoms with van der Waals surface area (Å²) >= 11 is 0. The average Bonchev–Trinajstić information content (AvgIpc) is 3.16. The lowest BCUT2D eigenvalue weighted by Crippen LogP contribution is -2.29. The van der Waals surface area contributed by atoms with Gasteiger partial charge in [-0.05, 0) is 83.5 Å². The molecule has 54 heavy (non-hydrogen) atoms. The molecule has 0 bridgehead atoms. The third kappa shape index (κ3) is 39.4. The van der Waals surface area contributed by atoms with Gasteiger partial charge in [-0.15, -0.1) is 0 Å². The van der Waals surface area contributed by atoms with Crippen molar-refractivity contribution in [2.75, 3.05) is 33.0 Å². The van der Waals surface area contributed by atoms with E-state index in [0.29, 0.717) is 19.3 Å². The van der Waals surface area contributed by atoms with Crippen LogP contribution in [0.2, 0.25) is 0 Å². The first-order valence-electron chi connectivity index (χ1n) is 20.9. The van der Waals surface area contributed by atoms with Crippen LogP contribution < -0.4 is 5.73 Å². The fourth-order valence-electron chi connectivity index (χ4n) is 5.31. The molecular weight excluding hydrogens is 705 g/mol. The van der Waals surface area contributed by atoms with E-state index in [1.807, 2.05) is 6.08 Å². The summed E-state index contributed by atoms with van der Waals surface area (Å²) in [5, 5.41) is 8.79. The Morgan fingerprint density at radius 2 is 1.06 bits per heavy atom. The summed E-state index contributed by atoms with van der Waals surface area (Å²) in [6, 6.07) is 0. The molecule has 312 valence electrons. The number of allylic oxidation sites excluding steroid dienone is 10. The van der Waals surface area contributed by atoms with Crippen LogP contribution in [0, 0.1) is 0 Å². The molecule has 0 spiro atoms. The zero-order chi connectivity index (χ0) is 39.6. The van der Waals surface area contributed by atoms with E-state index in [-0.39, 0.29) is 39.2 Å². The van der Waals surface area contributed by atoms with Crippen LogP contribution in [-0.4, -0.2) is 61.0 Å². The molecular formula is C43H76NO9P. The number of phosphoric acid groups is 1. The molecule has 0 heterocycles. The standard InChI is InChI=1S/C43H76NO9P/c1-2-3-4-5-6-7-8-9-13-16-19-22-25-28-31-34-42(46)50-39-41(40-52-54(48,49)51-38-36-44)53-43(47)35-32-29-26-23-20-17-14-11-10-12-15-18-21-24-27-30-33-37-45/h9-10,12-14,17-18,21,23,26,41,45H,2-8,11,15-16,19-20,22,24-25,27-40,44H2,1H3,(H,48,49). The summed E-state index contributed by atoms with van der Waals surface area (Å²) in [7, 11) is -4.40. The molecule has 0 aliphatic carbocycles. The van der Waals surface area contributed by atoms with Crippen LogP contribution in [0.5, 0.6) is 0 Å².